The van der Waals surface area contributed by atoms with Crippen molar-refractivity contribution in [1.29, 1.82) is 5.41 Å². The van der Waals surface area contributed by atoms with Gasteiger partial charge >= 0.3 is 5.97 Å². The Balaban J connectivity index is 1.61. The minimum absolute atomic E-state index is 0.0115. The molecule has 4 rings (SSSR count). The van der Waals surface area contributed by atoms with Crippen LogP contribution in [0.5, 0.6) is 23.0 Å². The summed E-state index contributed by atoms with van der Waals surface area (Å²) in [5, 5.41) is 8.04. The number of hydrogen-bond acceptors (Lipinski definition) is 11. The van der Waals surface area contributed by atoms with E-state index in [1.54, 1.807) is 6.07 Å². The number of amides is 1. The van der Waals surface area contributed by atoms with Gasteiger partial charge in [0.05, 0.1) is 44.4 Å². The van der Waals surface area contributed by atoms with E-state index in [-0.39, 0.29) is 38.8 Å². The van der Waals surface area contributed by atoms with Crippen LogP contribution >= 0.6 is 11.9 Å². The third kappa shape index (κ3) is 5.06. The number of nitrogens with one attached hydrogen (secondary N) is 1. The summed E-state index contributed by atoms with van der Waals surface area (Å²) in [5.74, 6) is -0.679. The summed E-state index contributed by atoms with van der Waals surface area (Å²) in [6, 6.07) is 9.07. The van der Waals surface area contributed by atoms with Crippen molar-refractivity contribution in [3.05, 3.63) is 53.1 Å². The fourth-order valence-electron chi connectivity index (χ4n) is 3.38. The van der Waals surface area contributed by atoms with Gasteiger partial charge in [-0.1, -0.05) is 6.07 Å². The number of ether oxygens (including phenoxy) is 4. The quantitative estimate of drug-likeness (QED) is 0.248. The molecule has 14 heteroatoms. The molecule has 0 atom stereocenters. The van der Waals surface area contributed by atoms with Crippen molar-refractivity contribution in [3.8, 4) is 23.0 Å². The Hall–Kier alpha value is -4.17. The van der Waals surface area contributed by atoms with Gasteiger partial charge in [-0.25, -0.2) is 18.1 Å². The zero-order valence-corrected chi connectivity index (χ0v) is 21.6. The molecule has 0 aromatic heterocycles. The molecule has 1 amide bonds. The smallest absolute Gasteiger partial charge is 0.343 e. The number of carbonyl (C=O) groups excluding carboxylic acids is 2. The fraction of sp³-hybridized carbons (Fsp3) is 0.174. The first kappa shape index (κ1) is 25.9. The summed E-state index contributed by atoms with van der Waals surface area (Å²) in [6.45, 7) is 0. The van der Waals surface area contributed by atoms with Crippen molar-refractivity contribution in [3.63, 3.8) is 0 Å². The third-order valence-electron chi connectivity index (χ3n) is 5.15. The average Bonchev–Trinajstić information content (AvgIpc) is 3.31. The molecule has 0 bridgehead atoms. The second-order valence-corrected chi connectivity index (χ2v) is 10.2. The normalized spacial score (nSPS) is 16.2. The number of benzene rings is 2. The topological polar surface area (TPSA) is 157 Å². The standard InChI is InChI=1S/C23H20N4O8S2/c1-32-15-8-6-13(11-18(15)34-3)21(29)35-16-7-5-12(10-17(16)33-2)9-14-19(24)27-22(25-20(14)28)36-26-23(27)37(4,30)31/h5-11,24H,1-4H3/b14-9-,24-19?. The van der Waals surface area contributed by atoms with Gasteiger partial charge < -0.3 is 18.9 Å². The SMILES string of the molecule is COc1ccc(C(=O)Oc2ccc(/C=C3/C(=N)N4C(=NC3=O)SN=C4S(C)(=O)=O)cc2OC)cc1OC. The van der Waals surface area contributed by atoms with E-state index in [2.05, 4.69) is 9.39 Å². The number of sulfone groups is 1. The molecule has 2 aromatic rings. The zero-order chi connectivity index (χ0) is 26.9. The lowest BCUT2D eigenvalue weighted by molar-refractivity contribution is -0.114. The van der Waals surface area contributed by atoms with Crippen LogP contribution in [0.15, 0.2) is 51.4 Å². The monoisotopic (exact) mass is 544 g/mol. The van der Waals surface area contributed by atoms with Gasteiger partial charge in [0.15, 0.2) is 23.0 Å². The van der Waals surface area contributed by atoms with Gasteiger partial charge in [-0.2, -0.15) is 9.39 Å². The number of aliphatic imine (C=N–C) groups is 1. The maximum atomic E-state index is 12.7. The number of amidine groups is 3. The summed E-state index contributed by atoms with van der Waals surface area (Å²) in [6.07, 6.45) is 2.31. The number of hydrogen-bond donors (Lipinski definition) is 1. The molecule has 2 aromatic carbocycles. The summed E-state index contributed by atoms with van der Waals surface area (Å²) in [7, 11) is 0.536. The van der Waals surface area contributed by atoms with Crippen LogP contribution in [0.25, 0.3) is 6.08 Å². The Labute approximate surface area is 216 Å². The summed E-state index contributed by atoms with van der Waals surface area (Å²) in [4.78, 5) is 30.1. The molecule has 192 valence electrons. The van der Waals surface area contributed by atoms with Crippen LogP contribution in [0.3, 0.4) is 0 Å². The molecule has 2 heterocycles. The lowest BCUT2D eigenvalue weighted by Crippen LogP contribution is -2.45. The molecule has 37 heavy (non-hydrogen) atoms. The van der Waals surface area contributed by atoms with Gasteiger partial charge in [0.1, 0.15) is 5.84 Å². The minimum atomic E-state index is -3.77. The average molecular weight is 545 g/mol. The maximum Gasteiger partial charge on any atom is 0.343 e. The highest BCUT2D eigenvalue weighted by Gasteiger charge is 2.41. The molecule has 12 nitrogen and oxygen atoms in total. The lowest BCUT2D eigenvalue weighted by Gasteiger charge is -2.23. The molecule has 0 radical (unpaired) electrons. The van der Waals surface area contributed by atoms with Gasteiger partial charge in [0.2, 0.25) is 20.2 Å². The van der Waals surface area contributed by atoms with E-state index in [4.69, 9.17) is 24.4 Å². The summed E-state index contributed by atoms with van der Waals surface area (Å²) in [5.41, 5.74) is 0.478. The van der Waals surface area contributed by atoms with E-state index in [0.717, 1.165) is 11.2 Å². The van der Waals surface area contributed by atoms with E-state index in [1.165, 1.54) is 57.7 Å². The Morgan fingerprint density at radius 3 is 2.30 bits per heavy atom. The molecule has 0 unspecified atom stereocenters. The van der Waals surface area contributed by atoms with E-state index in [0.29, 0.717) is 29.0 Å². The van der Waals surface area contributed by atoms with Crippen molar-refractivity contribution >= 4 is 55.9 Å². The van der Waals surface area contributed by atoms with Gasteiger partial charge in [0, 0.05) is 6.26 Å². The van der Waals surface area contributed by atoms with Crippen LogP contribution < -0.4 is 18.9 Å². The molecule has 0 saturated carbocycles. The Morgan fingerprint density at radius 2 is 1.65 bits per heavy atom. The van der Waals surface area contributed by atoms with Crippen LogP contribution in [-0.4, -0.2) is 69.0 Å². The summed E-state index contributed by atoms with van der Waals surface area (Å²) < 4.78 is 49.1. The lowest BCUT2D eigenvalue weighted by atomic mass is 10.1. The molecule has 1 N–H and O–H groups in total. The number of methoxy groups -OCH3 is 3. The fourth-order valence-corrected chi connectivity index (χ4v) is 5.23. The number of rotatable bonds is 6. The van der Waals surface area contributed by atoms with Crippen LogP contribution in [0.1, 0.15) is 15.9 Å². The van der Waals surface area contributed by atoms with E-state index < -0.39 is 21.7 Å². The highest BCUT2D eigenvalue weighted by molar-refractivity contribution is 8.16. The van der Waals surface area contributed by atoms with Crippen molar-refractivity contribution in [2.45, 2.75) is 0 Å². The molecule has 2 aliphatic heterocycles. The van der Waals surface area contributed by atoms with Crippen molar-refractivity contribution in [2.24, 2.45) is 9.39 Å². The van der Waals surface area contributed by atoms with Crippen LogP contribution in [0, 0.1) is 5.41 Å². The maximum absolute atomic E-state index is 12.7. The zero-order valence-electron chi connectivity index (χ0n) is 20.0. The van der Waals surface area contributed by atoms with Crippen LogP contribution in [-0.2, 0) is 14.6 Å². The predicted molar refractivity (Wildman–Crippen MR) is 137 cm³/mol. The molecule has 0 aliphatic carbocycles. The molecule has 0 fully saturated rings. The Bertz CT molecular complexity index is 1530. The second-order valence-electron chi connectivity index (χ2n) is 7.55. The molecular weight excluding hydrogens is 524 g/mol. The Kier molecular flexibility index (Phi) is 7.05. The molecule has 2 aliphatic rings. The number of nitrogens with zero attached hydrogens (tertiary/aromatic N) is 3. The molecule has 0 saturated heterocycles. The number of esters is 1. The van der Waals surface area contributed by atoms with Gasteiger partial charge in [-0.05, 0) is 42.0 Å². The van der Waals surface area contributed by atoms with E-state index in [9.17, 15) is 18.0 Å². The van der Waals surface area contributed by atoms with Gasteiger partial charge in [-0.15, -0.1) is 0 Å². The third-order valence-corrected chi connectivity index (χ3v) is 6.90. The van der Waals surface area contributed by atoms with Gasteiger partial charge in [0.25, 0.3) is 5.91 Å². The van der Waals surface area contributed by atoms with Crippen LogP contribution in [0.4, 0.5) is 0 Å². The van der Waals surface area contributed by atoms with Gasteiger partial charge in [-0.3, -0.25) is 10.2 Å². The Morgan fingerprint density at radius 1 is 1.00 bits per heavy atom. The molecule has 0 spiro atoms. The predicted octanol–water partition coefficient (Wildman–Crippen LogP) is 2.55. The highest BCUT2D eigenvalue weighted by atomic mass is 32.2. The number of fused-ring (bicyclic) bond motifs is 1. The van der Waals surface area contributed by atoms with Crippen molar-refractivity contribution in [1.82, 2.24) is 4.90 Å². The van der Waals surface area contributed by atoms with E-state index >= 15 is 0 Å². The second kappa shape index (κ2) is 10.1. The summed E-state index contributed by atoms with van der Waals surface area (Å²) >= 11 is 0.706. The van der Waals surface area contributed by atoms with Crippen LogP contribution in [0.2, 0.25) is 0 Å². The van der Waals surface area contributed by atoms with Crippen molar-refractivity contribution < 1.29 is 37.0 Å². The van der Waals surface area contributed by atoms with Crippen molar-refractivity contribution in [2.75, 3.05) is 27.6 Å². The van der Waals surface area contributed by atoms with E-state index in [1.807, 2.05) is 0 Å². The first-order valence-electron chi connectivity index (χ1n) is 10.4. The molecular formula is C23H20N4O8S2. The minimum Gasteiger partial charge on any atom is -0.493 e. The highest BCUT2D eigenvalue weighted by Crippen LogP contribution is 2.33. The number of carbonyl (C=O) groups is 2. The first-order chi connectivity index (χ1) is 17.6. The first-order valence-corrected chi connectivity index (χ1v) is 13.0. The largest absolute Gasteiger partial charge is 0.493 e.